The Kier molecular flexibility index (Phi) is 5.54. The van der Waals surface area contributed by atoms with Crippen LogP contribution in [0.3, 0.4) is 0 Å². The monoisotopic (exact) mass is 333 g/mol. The second-order valence-electron chi connectivity index (χ2n) is 4.94. The number of halogens is 1. The molecule has 0 aliphatic heterocycles. The van der Waals surface area contributed by atoms with E-state index in [2.05, 4.69) is 5.16 Å². The molecule has 0 bridgehead atoms. The van der Waals surface area contributed by atoms with Crippen LogP contribution in [-0.2, 0) is 17.9 Å². The van der Waals surface area contributed by atoms with Gasteiger partial charge in [-0.25, -0.2) is 0 Å². The largest absolute Gasteiger partial charge is 0.389 e. The average molecular weight is 334 g/mol. The van der Waals surface area contributed by atoms with Crippen LogP contribution in [0.5, 0.6) is 0 Å². The minimum Gasteiger partial charge on any atom is -0.389 e. The lowest BCUT2D eigenvalue weighted by atomic mass is 10.1. The first-order valence-electron chi connectivity index (χ1n) is 6.89. The first-order valence-corrected chi connectivity index (χ1v) is 7.27. The number of nitrogens with zero attached hydrogens (tertiary/aromatic N) is 2. The van der Waals surface area contributed by atoms with Crippen molar-refractivity contribution in [2.75, 3.05) is 0 Å². The van der Waals surface area contributed by atoms with E-state index in [9.17, 15) is 10.1 Å². The van der Waals surface area contributed by atoms with E-state index < -0.39 is 4.92 Å². The first-order chi connectivity index (χ1) is 11.0. The molecule has 2 N–H and O–H groups in total. The zero-order valence-electron chi connectivity index (χ0n) is 12.5. The number of nitrogens with two attached hydrogens (primary N) is 1. The van der Waals surface area contributed by atoms with Gasteiger partial charge < -0.3 is 10.6 Å². The summed E-state index contributed by atoms with van der Waals surface area (Å²) < 4.78 is 0. The molecule has 120 valence electrons. The van der Waals surface area contributed by atoms with Crippen LogP contribution < -0.4 is 5.73 Å². The van der Waals surface area contributed by atoms with Crippen LogP contribution in [0.2, 0.25) is 5.02 Å². The van der Waals surface area contributed by atoms with Crippen LogP contribution in [0.4, 0.5) is 5.69 Å². The summed E-state index contributed by atoms with van der Waals surface area (Å²) in [5, 5.41) is 15.3. The number of nitro benzene ring substituents is 1. The van der Waals surface area contributed by atoms with Gasteiger partial charge >= 0.3 is 0 Å². The molecule has 0 fully saturated rings. The van der Waals surface area contributed by atoms with Gasteiger partial charge in [0.2, 0.25) is 0 Å². The van der Waals surface area contributed by atoms with Gasteiger partial charge in [-0.15, -0.1) is 0 Å². The predicted octanol–water partition coefficient (Wildman–Crippen LogP) is 3.59. The van der Waals surface area contributed by atoms with E-state index in [0.29, 0.717) is 22.6 Å². The maximum Gasteiger partial charge on any atom is 0.272 e. The van der Waals surface area contributed by atoms with E-state index in [1.165, 1.54) is 6.07 Å². The predicted molar refractivity (Wildman–Crippen MR) is 89.4 cm³/mol. The Morgan fingerprint density at radius 3 is 2.65 bits per heavy atom. The second-order valence-corrected chi connectivity index (χ2v) is 5.35. The lowest BCUT2D eigenvalue weighted by molar-refractivity contribution is -0.385. The Hall–Kier alpha value is -2.60. The van der Waals surface area contributed by atoms with E-state index >= 15 is 0 Å². The normalized spacial score (nSPS) is 11.3. The van der Waals surface area contributed by atoms with Crippen LogP contribution in [0, 0.1) is 17.0 Å². The fourth-order valence-electron chi connectivity index (χ4n) is 2.08. The molecule has 0 aliphatic rings. The highest BCUT2D eigenvalue weighted by atomic mass is 35.5. The number of benzene rings is 2. The van der Waals surface area contributed by atoms with Gasteiger partial charge in [-0.05, 0) is 18.6 Å². The van der Waals surface area contributed by atoms with Crippen LogP contribution in [-0.4, -0.2) is 10.8 Å². The molecule has 0 aliphatic carbocycles. The number of rotatable bonds is 6. The highest BCUT2D eigenvalue weighted by Crippen LogP contribution is 2.21. The van der Waals surface area contributed by atoms with Gasteiger partial charge in [0.1, 0.15) is 12.4 Å². The van der Waals surface area contributed by atoms with Crippen molar-refractivity contribution in [2.45, 2.75) is 20.0 Å². The Bertz CT molecular complexity index is 747. The molecule has 0 radical (unpaired) electrons. The standard InChI is InChI=1S/C16H16ClN3O3/c1-11-13(6-4-8-15(11)20(21)22)10-23-19-16(18)9-12-5-2-3-7-14(12)17/h2-8H,9-10H2,1H3,(H2,18,19). The highest BCUT2D eigenvalue weighted by Gasteiger charge is 2.13. The van der Waals surface area contributed by atoms with Crippen molar-refractivity contribution in [1.82, 2.24) is 0 Å². The van der Waals surface area contributed by atoms with Crippen molar-refractivity contribution >= 4 is 23.1 Å². The van der Waals surface area contributed by atoms with Gasteiger partial charge in [0, 0.05) is 28.6 Å². The summed E-state index contributed by atoms with van der Waals surface area (Å²) in [4.78, 5) is 15.7. The summed E-state index contributed by atoms with van der Waals surface area (Å²) in [5.74, 6) is 0.279. The Morgan fingerprint density at radius 2 is 1.96 bits per heavy atom. The summed E-state index contributed by atoms with van der Waals surface area (Å²) >= 11 is 6.05. The van der Waals surface area contributed by atoms with E-state index in [4.69, 9.17) is 22.2 Å². The van der Waals surface area contributed by atoms with Gasteiger partial charge in [-0.3, -0.25) is 10.1 Å². The number of oxime groups is 1. The minimum atomic E-state index is -0.423. The number of hydrogen-bond acceptors (Lipinski definition) is 4. The highest BCUT2D eigenvalue weighted by molar-refractivity contribution is 6.31. The fourth-order valence-corrected chi connectivity index (χ4v) is 2.28. The maximum atomic E-state index is 10.9. The lowest BCUT2D eigenvalue weighted by Crippen LogP contribution is -2.15. The quantitative estimate of drug-likeness (QED) is 0.378. The molecule has 7 heteroatoms. The average Bonchev–Trinajstić information content (AvgIpc) is 2.51. The molecule has 0 heterocycles. The Balaban J connectivity index is 2.00. The zero-order valence-corrected chi connectivity index (χ0v) is 13.3. The Morgan fingerprint density at radius 1 is 1.26 bits per heavy atom. The van der Waals surface area contributed by atoms with Crippen molar-refractivity contribution in [1.29, 1.82) is 0 Å². The SMILES string of the molecule is Cc1c(CO/N=C(\N)Cc2ccccc2Cl)cccc1[N+](=O)[O-]. The first kappa shape index (κ1) is 16.8. The van der Waals surface area contributed by atoms with Crippen LogP contribution in [0.1, 0.15) is 16.7 Å². The van der Waals surface area contributed by atoms with E-state index in [-0.39, 0.29) is 18.1 Å². The van der Waals surface area contributed by atoms with Crippen LogP contribution in [0.25, 0.3) is 0 Å². The molecule has 6 nitrogen and oxygen atoms in total. The van der Waals surface area contributed by atoms with Crippen LogP contribution in [0.15, 0.2) is 47.6 Å². The third-order valence-corrected chi connectivity index (χ3v) is 3.71. The summed E-state index contributed by atoms with van der Waals surface area (Å²) in [6.45, 7) is 1.78. The van der Waals surface area contributed by atoms with Gasteiger partial charge in [-0.2, -0.15) is 0 Å². The summed E-state index contributed by atoms with van der Waals surface area (Å²) in [5.41, 5.74) is 7.96. The fraction of sp³-hybridized carbons (Fsp3) is 0.188. The molecule has 23 heavy (non-hydrogen) atoms. The molecule has 0 spiro atoms. The smallest absolute Gasteiger partial charge is 0.272 e. The number of hydrogen-bond donors (Lipinski definition) is 1. The molecule has 0 saturated heterocycles. The second kappa shape index (κ2) is 7.60. The zero-order chi connectivity index (χ0) is 16.8. The van der Waals surface area contributed by atoms with Gasteiger partial charge in [-0.1, -0.05) is 47.1 Å². The van der Waals surface area contributed by atoms with Crippen molar-refractivity contribution in [3.63, 3.8) is 0 Å². The van der Waals surface area contributed by atoms with Gasteiger partial charge in [0.05, 0.1) is 4.92 Å². The van der Waals surface area contributed by atoms with E-state index in [1.54, 1.807) is 25.1 Å². The van der Waals surface area contributed by atoms with E-state index in [1.807, 2.05) is 18.2 Å². The molecular formula is C16H16ClN3O3. The van der Waals surface area contributed by atoms with Crippen molar-refractivity contribution < 1.29 is 9.76 Å². The molecule has 0 atom stereocenters. The maximum absolute atomic E-state index is 10.9. The third kappa shape index (κ3) is 4.43. The summed E-state index contributed by atoms with van der Waals surface area (Å²) in [6, 6.07) is 12.1. The van der Waals surface area contributed by atoms with Gasteiger partial charge in [0.25, 0.3) is 5.69 Å². The molecule has 0 unspecified atom stereocenters. The third-order valence-electron chi connectivity index (χ3n) is 3.35. The van der Waals surface area contributed by atoms with E-state index in [0.717, 1.165) is 5.56 Å². The molecule has 0 aromatic heterocycles. The molecule has 2 aromatic rings. The molecule has 0 amide bonds. The van der Waals surface area contributed by atoms with Crippen molar-refractivity contribution in [2.24, 2.45) is 10.9 Å². The summed E-state index contributed by atoms with van der Waals surface area (Å²) in [7, 11) is 0. The Labute approximate surface area is 138 Å². The molecular weight excluding hydrogens is 318 g/mol. The number of amidine groups is 1. The minimum absolute atomic E-state index is 0.0547. The van der Waals surface area contributed by atoms with Crippen molar-refractivity contribution in [3.8, 4) is 0 Å². The van der Waals surface area contributed by atoms with Gasteiger partial charge in [0.15, 0.2) is 0 Å². The lowest BCUT2D eigenvalue weighted by Gasteiger charge is -2.06. The molecule has 0 saturated carbocycles. The topological polar surface area (TPSA) is 90.8 Å². The number of nitro groups is 1. The molecule has 2 rings (SSSR count). The molecule has 2 aromatic carbocycles. The van der Waals surface area contributed by atoms with Crippen LogP contribution >= 0.6 is 11.6 Å². The van der Waals surface area contributed by atoms with Crippen molar-refractivity contribution in [3.05, 3.63) is 74.3 Å². The summed E-state index contributed by atoms with van der Waals surface area (Å²) in [6.07, 6.45) is 0.369.